The monoisotopic (exact) mass is 326 g/mol. The quantitative estimate of drug-likeness (QED) is 0.604. The van der Waals surface area contributed by atoms with Crippen LogP contribution in [0.2, 0.25) is 0 Å². The van der Waals surface area contributed by atoms with Crippen LogP contribution in [-0.4, -0.2) is 44.6 Å². The topological polar surface area (TPSA) is 104 Å². The lowest BCUT2D eigenvalue weighted by atomic mass is 10.1. The number of nitrogens with zero attached hydrogens (tertiary/aromatic N) is 3. The Kier molecular flexibility index (Phi) is 5.15. The van der Waals surface area contributed by atoms with Crippen LogP contribution in [0.15, 0.2) is 53.3 Å². The van der Waals surface area contributed by atoms with Gasteiger partial charge >= 0.3 is 0 Å². The van der Waals surface area contributed by atoms with Crippen LogP contribution in [-0.2, 0) is 6.42 Å². The molecule has 3 aromatic rings. The molecule has 0 amide bonds. The van der Waals surface area contributed by atoms with Gasteiger partial charge in [-0.1, -0.05) is 23.4 Å². The molecule has 2 heterocycles. The Morgan fingerprint density at radius 1 is 1.17 bits per heavy atom. The van der Waals surface area contributed by atoms with Crippen LogP contribution in [0.1, 0.15) is 11.5 Å². The van der Waals surface area contributed by atoms with Gasteiger partial charge in [-0.25, -0.2) is 0 Å². The van der Waals surface area contributed by atoms with E-state index in [-0.39, 0.29) is 13.2 Å². The highest BCUT2D eigenvalue weighted by atomic mass is 16.5. The molecular weight excluding hydrogens is 308 g/mol. The van der Waals surface area contributed by atoms with Crippen molar-refractivity contribution in [3.63, 3.8) is 0 Å². The first-order chi connectivity index (χ1) is 11.8. The molecule has 3 rings (SSSR count). The minimum Gasteiger partial charge on any atom is -0.394 e. The lowest BCUT2D eigenvalue weighted by molar-refractivity contribution is 0.105. The number of anilines is 1. The fraction of sp³-hybridized carbons (Fsp3) is 0.235. The van der Waals surface area contributed by atoms with E-state index >= 15 is 0 Å². The molecule has 0 aliphatic carbocycles. The summed E-state index contributed by atoms with van der Waals surface area (Å²) in [6, 6.07) is 11.3. The molecule has 0 aliphatic heterocycles. The van der Waals surface area contributed by atoms with Crippen LogP contribution >= 0.6 is 0 Å². The van der Waals surface area contributed by atoms with Crippen LogP contribution in [0.5, 0.6) is 0 Å². The number of aromatic nitrogens is 3. The minimum atomic E-state index is -0.807. The van der Waals surface area contributed by atoms with Crippen LogP contribution < -0.4 is 5.32 Å². The number of rotatable bonds is 7. The summed E-state index contributed by atoms with van der Waals surface area (Å²) in [5.74, 6) is 0.991. The van der Waals surface area contributed by atoms with Gasteiger partial charge in [-0.05, 0) is 23.8 Å². The number of hydrogen-bond acceptors (Lipinski definition) is 7. The van der Waals surface area contributed by atoms with Crippen molar-refractivity contribution in [2.75, 3.05) is 18.5 Å². The number of benzene rings is 1. The normalized spacial score (nSPS) is 12.1. The van der Waals surface area contributed by atoms with Crippen molar-refractivity contribution in [1.29, 1.82) is 0 Å². The predicted octanol–water partition coefficient (Wildman–Crippen LogP) is 1.49. The van der Waals surface area contributed by atoms with Crippen molar-refractivity contribution in [1.82, 2.24) is 15.1 Å². The maximum atomic E-state index is 9.47. The fourth-order valence-electron chi connectivity index (χ4n) is 2.24. The van der Waals surface area contributed by atoms with Crippen molar-refractivity contribution in [2.45, 2.75) is 12.5 Å². The Morgan fingerprint density at radius 2 is 2.04 bits per heavy atom. The maximum Gasteiger partial charge on any atom is 0.231 e. The molecule has 7 heteroatoms. The highest BCUT2D eigenvalue weighted by Crippen LogP contribution is 2.20. The molecule has 124 valence electrons. The standard InChI is InChI=1S/C17H18N4O3/c22-11-14(23)10-19-15-6-2-1-4-12(15)8-16-20-17(21-24-16)13-5-3-7-18-9-13/h1-7,9,14,19,22-23H,8,10-11H2. The molecule has 0 fully saturated rings. The van der Waals surface area contributed by atoms with Gasteiger partial charge in [-0.2, -0.15) is 4.98 Å². The van der Waals surface area contributed by atoms with E-state index in [0.29, 0.717) is 18.1 Å². The van der Waals surface area contributed by atoms with Gasteiger partial charge in [-0.3, -0.25) is 4.98 Å². The third kappa shape index (κ3) is 3.95. The van der Waals surface area contributed by atoms with Crippen molar-refractivity contribution >= 4 is 5.69 Å². The van der Waals surface area contributed by atoms with Gasteiger partial charge in [0.1, 0.15) is 0 Å². The first kappa shape index (κ1) is 16.1. The Morgan fingerprint density at radius 3 is 2.83 bits per heavy atom. The minimum absolute atomic E-state index is 0.262. The van der Waals surface area contributed by atoms with Gasteiger partial charge in [0.05, 0.1) is 19.1 Å². The maximum absolute atomic E-state index is 9.47. The first-order valence-corrected chi connectivity index (χ1v) is 7.60. The van der Waals surface area contributed by atoms with Crippen LogP contribution in [0.25, 0.3) is 11.4 Å². The zero-order chi connectivity index (χ0) is 16.8. The smallest absolute Gasteiger partial charge is 0.231 e. The predicted molar refractivity (Wildman–Crippen MR) is 88.4 cm³/mol. The number of aliphatic hydroxyl groups is 2. The van der Waals surface area contributed by atoms with E-state index in [1.807, 2.05) is 36.4 Å². The lowest BCUT2D eigenvalue weighted by Gasteiger charge is -2.13. The van der Waals surface area contributed by atoms with Gasteiger partial charge in [0.25, 0.3) is 0 Å². The molecule has 3 N–H and O–H groups in total. The summed E-state index contributed by atoms with van der Waals surface area (Å²) in [6.07, 6.45) is 3.03. The zero-order valence-corrected chi connectivity index (χ0v) is 13.0. The molecule has 0 aliphatic rings. The average Bonchev–Trinajstić information content (AvgIpc) is 3.10. The second-order valence-electron chi connectivity index (χ2n) is 5.30. The summed E-state index contributed by atoms with van der Waals surface area (Å²) in [7, 11) is 0. The second kappa shape index (κ2) is 7.67. The molecule has 0 bridgehead atoms. The van der Waals surface area contributed by atoms with Gasteiger partial charge in [0.15, 0.2) is 0 Å². The van der Waals surface area contributed by atoms with E-state index < -0.39 is 6.10 Å². The van der Waals surface area contributed by atoms with Gasteiger partial charge in [0, 0.05) is 30.2 Å². The Labute approximate surface area is 139 Å². The Hall–Kier alpha value is -2.77. The van der Waals surface area contributed by atoms with E-state index in [4.69, 9.17) is 9.63 Å². The number of nitrogens with one attached hydrogen (secondary N) is 1. The molecule has 0 radical (unpaired) electrons. The summed E-state index contributed by atoms with van der Waals surface area (Å²) < 4.78 is 5.32. The molecule has 24 heavy (non-hydrogen) atoms. The third-order valence-corrected chi connectivity index (χ3v) is 3.49. The highest BCUT2D eigenvalue weighted by molar-refractivity contribution is 5.54. The second-order valence-corrected chi connectivity index (χ2v) is 5.30. The number of pyridine rings is 1. The Bertz CT molecular complexity index is 776. The van der Waals surface area contributed by atoms with E-state index in [1.165, 1.54) is 0 Å². The molecular formula is C17H18N4O3. The summed E-state index contributed by atoms with van der Waals surface area (Å²) in [6.45, 7) is -0.0222. The van der Waals surface area contributed by atoms with Gasteiger partial charge in [-0.15, -0.1) is 0 Å². The molecule has 2 aromatic heterocycles. The molecule has 7 nitrogen and oxygen atoms in total. The largest absolute Gasteiger partial charge is 0.394 e. The number of hydrogen-bond donors (Lipinski definition) is 3. The van der Waals surface area contributed by atoms with Crippen LogP contribution in [0.3, 0.4) is 0 Å². The summed E-state index contributed by atoms with van der Waals surface area (Å²) in [4.78, 5) is 8.43. The molecule has 1 atom stereocenters. The fourth-order valence-corrected chi connectivity index (χ4v) is 2.24. The van der Waals surface area contributed by atoms with Gasteiger partial charge in [0.2, 0.25) is 11.7 Å². The van der Waals surface area contributed by atoms with E-state index in [9.17, 15) is 5.11 Å². The van der Waals surface area contributed by atoms with Crippen molar-refractivity contribution in [2.24, 2.45) is 0 Å². The molecule has 1 aromatic carbocycles. The van der Waals surface area contributed by atoms with Crippen molar-refractivity contribution in [3.8, 4) is 11.4 Å². The molecule has 0 spiro atoms. The van der Waals surface area contributed by atoms with Crippen molar-refractivity contribution in [3.05, 3.63) is 60.2 Å². The lowest BCUT2D eigenvalue weighted by Crippen LogP contribution is -2.23. The molecule has 1 unspecified atom stereocenters. The summed E-state index contributed by atoms with van der Waals surface area (Å²) >= 11 is 0. The zero-order valence-electron chi connectivity index (χ0n) is 13.0. The van der Waals surface area contributed by atoms with Gasteiger partial charge < -0.3 is 20.1 Å². The van der Waals surface area contributed by atoms with E-state index in [0.717, 1.165) is 16.8 Å². The third-order valence-electron chi connectivity index (χ3n) is 3.49. The van der Waals surface area contributed by atoms with E-state index in [1.54, 1.807) is 12.4 Å². The highest BCUT2D eigenvalue weighted by Gasteiger charge is 2.12. The molecule has 0 saturated heterocycles. The van der Waals surface area contributed by atoms with Crippen molar-refractivity contribution < 1.29 is 14.7 Å². The number of aliphatic hydroxyl groups excluding tert-OH is 2. The first-order valence-electron chi connectivity index (χ1n) is 7.60. The van der Waals surface area contributed by atoms with E-state index in [2.05, 4.69) is 20.4 Å². The Balaban J connectivity index is 1.74. The summed E-state index contributed by atoms with van der Waals surface area (Å²) in [5.41, 5.74) is 2.61. The molecule has 0 saturated carbocycles. The average molecular weight is 326 g/mol. The van der Waals surface area contributed by atoms with Crippen LogP contribution in [0, 0.1) is 0 Å². The SMILES string of the molecule is OCC(O)CNc1ccccc1Cc1nc(-c2cccnc2)no1. The van der Waals surface area contributed by atoms with Crippen LogP contribution in [0.4, 0.5) is 5.69 Å². The number of para-hydroxylation sites is 1. The summed E-state index contributed by atoms with van der Waals surface area (Å²) in [5, 5.41) is 25.5.